The van der Waals surface area contributed by atoms with E-state index < -0.39 is 5.69 Å². The summed E-state index contributed by atoms with van der Waals surface area (Å²) in [6.45, 7) is 0. The third-order valence-corrected chi connectivity index (χ3v) is 2.29. The third kappa shape index (κ3) is 2.71. The summed E-state index contributed by atoms with van der Waals surface area (Å²) >= 11 is 1.57. The van der Waals surface area contributed by atoms with Crippen LogP contribution < -0.4 is 11.1 Å². The summed E-state index contributed by atoms with van der Waals surface area (Å²) in [6, 6.07) is 3.86. The van der Waals surface area contributed by atoms with E-state index in [0.717, 1.165) is 4.88 Å². The van der Waals surface area contributed by atoms with Crippen LogP contribution in [0.2, 0.25) is 0 Å². The maximum atomic E-state index is 10.8. The normalized spacial score (nSPS) is 10.7. The van der Waals surface area contributed by atoms with Crippen molar-refractivity contribution in [1.82, 2.24) is 15.2 Å². The Hall–Kier alpha value is -2.02. The first-order valence-corrected chi connectivity index (χ1v) is 4.97. The number of aromatic nitrogens is 3. The number of H-pyrrole nitrogens is 1. The molecule has 0 saturated carbocycles. The highest BCUT2D eigenvalue weighted by Crippen LogP contribution is 2.04. The minimum atomic E-state index is -0.508. The molecule has 0 aromatic carbocycles. The van der Waals surface area contributed by atoms with E-state index in [0.29, 0.717) is 5.82 Å². The van der Waals surface area contributed by atoms with E-state index in [1.165, 1.54) is 6.20 Å². The van der Waals surface area contributed by atoms with Gasteiger partial charge in [-0.05, 0) is 11.4 Å². The summed E-state index contributed by atoms with van der Waals surface area (Å²) < 4.78 is 0. The minimum absolute atomic E-state index is 0.312. The maximum absolute atomic E-state index is 10.8. The fourth-order valence-electron chi connectivity index (χ4n) is 0.893. The van der Waals surface area contributed by atoms with Crippen molar-refractivity contribution in [3.8, 4) is 0 Å². The fraction of sp³-hybridized carbons (Fsp3) is 0. The summed E-state index contributed by atoms with van der Waals surface area (Å²) in [5.41, 5.74) is 2.10. The second kappa shape index (κ2) is 4.47. The number of anilines is 1. The molecule has 2 aromatic heterocycles. The van der Waals surface area contributed by atoms with E-state index in [2.05, 4.69) is 25.7 Å². The van der Waals surface area contributed by atoms with Gasteiger partial charge in [-0.1, -0.05) is 6.07 Å². The maximum Gasteiger partial charge on any atom is 0.363 e. The van der Waals surface area contributed by atoms with Crippen molar-refractivity contribution in [3.05, 3.63) is 39.1 Å². The van der Waals surface area contributed by atoms with Crippen LogP contribution in [-0.2, 0) is 0 Å². The van der Waals surface area contributed by atoms with Gasteiger partial charge < -0.3 is 0 Å². The van der Waals surface area contributed by atoms with Gasteiger partial charge in [-0.2, -0.15) is 15.2 Å². The molecule has 6 nitrogen and oxygen atoms in total. The Morgan fingerprint density at radius 3 is 3.27 bits per heavy atom. The zero-order valence-electron chi connectivity index (χ0n) is 7.54. The van der Waals surface area contributed by atoms with Crippen molar-refractivity contribution >= 4 is 23.4 Å². The average Bonchev–Trinajstić information content (AvgIpc) is 2.71. The van der Waals surface area contributed by atoms with Crippen molar-refractivity contribution in [2.75, 3.05) is 5.43 Å². The van der Waals surface area contributed by atoms with Crippen LogP contribution in [0.25, 0.3) is 0 Å². The van der Waals surface area contributed by atoms with Crippen molar-refractivity contribution < 1.29 is 0 Å². The van der Waals surface area contributed by atoms with Crippen LogP contribution in [0.5, 0.6) is 0 Å². The lowest BCUT2D eigenvalue weighted by atomic mass is 10.5. The molecule has 0 aliphatic rings. The Labute approximate surface area is 88.7 Å². The number of hydrogen-bond donors (Lipinski definition) is 2. The number of nitrogens with one attached hydrogen (secondary N) is 2. The molecule has 0 bridgehead atoms. The van der Waals surface area contributed by atoms with Crippen LogP contribution in [0.4, 0.5) is 5.82 Å². The highest BCUT2D eigenvalue weighted by molar-refractivity contribution is 7.11. The molecule has 0 saturated heterocycles. The molecule has 0 fully saturated rings. The van der Waals surface area contributed by atoms with Crippen molar-refractivity contribution in [3.63, 3.8) is 0 Å². The summed E-state index contributed by atoms with van der Waals surface area (Å²) in [6.07, 6.45) is 3.03. The Kier molecular flexibility index (Phi) is 2.84. The quantitative estimate of drug-likeness (QED) is 0.589. The molecule has 2 N–H and O–H groups in total. The van der Waals surface area contributed by atoms with Gasteiger partial charge in [0.2, 0.25) is 0 Å². The molecular formula is C8H7N5OS. The van der Waals surface area contributed by atoms with Gasteiger partial charge in [0.1, 0.15) is 0 Å². The Morgan fingerprint density at radius 2 is 2.53 bits per heavy atom. The first-order valence-electron chi connectivity index (χ1n) is 4.09. The summed E-state index contributed by atoms with van der Waals surface area (Å²) in [5, 5.41) is 11.6. The molecule has 7 heteroatoms. The number of hydrazone groups is 1. The van der Waals surface area contributed by atoms with Gasteiger partial charge in [-0.25, -0.2) is 9.89 Å². The highest BCUT2D eigenvalue weighted by Gasteiger charge is 1.92. The van der Waals surface area contributed by atoms with Crippen LogP contribution in [0.15, 0.2) is 33.6 Å². The SMILES string of the molecule is O=c1nc(NN=Cc2cccs2)cn[nH]1. The Bertz CT molecular complexity index is 504. The van der Waals surface area contributed by atoms with Crippen LogP contribution >= 0.6 is 11.3 Å². The molecule has 0 amide bonds. The monoisotopic (exact) mass is 221 g/mol. The molecule has 0 atom stereocenters. The topological polar surface area (TPSA) is 83.0 Å². The van der Waals surface area contributed by atoms with Gasteiger partial charge in [-0.15, -0.1) is 11.3 Å². The molecule has 0 unspecified atom stereocenters. The van der Waals surface area contributed by atoms with Gasteiger partial charge in [0, 0.05) is 4.88 Å². The predicted molar refractivity (Wildman–Crippen MR) is 58.2 cm³/mol. The lowest BCUT2D eigenvalue weighted by molar-refractivity contribution is 0.913. The summed E-state index contributed by atoms with van der Waals surface area (Å²) in [4.78, 5) is 15.4. The lowest BCUT2D eigenvalue weighted by Crippen LogP contribution is -2.13. The van der Waals surface area contributed by atoms with E-state index in [1.807, 2.05) is 17.5 Å². The third-order valence-electron chi connectivity index (χ3n) is 1.48. The van der Waals surface area contributed by atoms with E-state index in [4.69, 9.17) is 0 Å². The number of aromatic amines is 1. The minimum Gasteiger partial charge on any atom is -0.260 e. The standard InChI is InChI=1S/C8H7N5OS/c14-8-11-7(5-10-13-8)12-9-4-6-2-1-3-15-6/h1-5H,(H2,11,12,13,14). The number of nitrogens with zero attached hydrogens (tertiary/aromatic N) is 3. The Morgan fingerprint density at radius 1 is 1.60 bits per heavy atom. The van der Waals surface area contributed by atoms with E-state index in [9.17, 15) is 4.79 Å². The van der Waals surface area contributed by atoms with E-state index in [1.54, 1.807) is 17.6 Å². The number of hydrogen-bond acceptors (Lipinski definition) is 6. The highest BCUT2D eigenvalue weighted by atomic mass is 32.1. The van der Waals surface area contributed by atoms with Crippen molar-refractivity contribution in [2.24, 2.45) is 5.10 Å². The molecule has 0 aliphatic heterocycles. The number of thiophene rings is 1. The average molecular weight is 221 g/mol. The smallest absolute Gasteiger partial charge is 0.260 e. The molecule has 76 valence electrons. The molecule has 0 radical (unpaired) electrons. The van der Waals surface area contributed by atoms with Gasteiger partial charge in [0.25, 0.3) is 0 Å². The van der Waals surface area contributed by atoms with Gasteiger partial charge in [-0.3, -0.25) is 5.43 Å². The van der Waals surface area contributed by atoms with Crippen LogP contribution in [0.1, 0.15) is 4.88 Å². The van der Waals surface area contributed by atoms with E-state index in [-0.39, 0.29) is 0 Å². The van der Waals surface area contributed by atoms with Crippen LogP contribution in [0, 0.1) is 0 Å². The zero-order valence-corrected chi connectivity index (χ0v) is 8.36. The largest absolute Gasteiger partial charge is 0.363 e. The predicted octanol–water partition coefficient (Wildman–Crippen LogP) is 0.672. The second-order valence-corrected chi connectivity index (χ2v) is 3.54. The lowest BCUT2D eigenvalue weighted by Gasteiger charge is -1.94. The molecule has 2 heterocycles. The van der Waals surface area contributed by atoms with E-state index >= 15 is 0 Å². The van der Waals surface area contributed by atoms with Crippen LogP contribution in [-0.4, -0.2) is 21.4 Å². The van der Waals surface area contributed by atoms with Gasteiger partial charge in [0.05, 0.1) is 12.4 Å². The van der Waals surface area contributed by atoms with Gasteiger partial charge in [0.15, 0.2) is 5.82 Å². The Balaban J connectivity index is 2.02. The number of rotatable bonds is 3. The van der Waals surface area contributed by atoms with Crippen molar-refractivity contribution in [1.29, 1.82) is 0 Å². The molecule has 2 rings (SSSR count). The zero-order chi connectivity index (χ0) is 10.5. The molecule has 0 aliphatic carbocycles. The second-order valence-electron chi connectivity index (χ2n) is 2.56. The fourth-order valence-corrected chi connectivity index (χ4v) is 1.48. The molecule has 2 aromatic rings. The molecule has 15 heavy (non-hydrogen) atoms. The molecular weight excluding hydrogens is 214 g/mol. The molecule has 0 spiro atoms. The summed E-state index contributed by atoms with van der Waals surface area (Å²) in [5.74, 6) is 0.312. The van der Waals surface area contributed by atoms with Crippen molar-refractivity contribution in [2.45, 2.75) is 0 Å². The summed E-state index contributed by atoms with van der Waals surface area (Å²) in [7, 11) is 0. The first-order chi connectivity index (χ1) is 7.34. The van der Waals surface area contributed by atoms with Gasteiger partial charge >= 0.3 is 5.69 Å². The first kappa shape index (κ1) is 9.53. The van der Waals surface area contributed by atoms with Crippen LogP contribution in [0.3, 0.4) is 0 Å².